The van der Waals surface area contributed by atoms with Crippen molar-refractivity contribution in [2.45, 2.75) is 0 Å². The molecule has 11 aromatic rings. The molecule has 0 aliphatic carbocycles. The minimum atomic E-state index is 0.648. The molecule has 0 saturated carbocycles. The predicted molar refractivity (Wildman–Crippen MR) is 235 cm³/mol. The third-order valence-corrected chi connectivity index (χ3v) is 11.8. The lowest BCUT2D eigenvalue weighted by Crippen LogP contribution is -1.97. The van der Waals surface area contributed by atoms with Crippen LogP contribution in [0.25, 0.3) is 109 Å². The SMILES string of the molecule is c1ccc(-c2cc(-c3ccccc3)cc(-c3cc(-c4ccccc4)nc(-c4ccc(-c5ccc6sc7ccccc7c6c5)c5oc6ccccc6c45)n3)c2)cc1. The molecule has 4 heteroatoms. The zero-order chi connectivity index (χ0) is 37.0. The van der Waals surface area contributed by atoms with Gasteiger partial charge in [0.25, 0.3) is 0 Å². The predicted octanol–water partition coefficient (Wildman–Crippen LogP) is 14.7. The van der Waals surface area contributed by atoms with E-state index in [9.17, 15) is 0 Å². The number of hydrogen-bond donors (Lipinski definition) is 0. The fraction of sp³-hybridized carbons (Fsp3) is 0. The average molecular weight is 733 g/mol. The van der Waals surface area contributed by atoms with E-state index in [-0.39, 0.29) is 0 Å². The Morgan fingerprint density at radius 1 is 0.357 bits per heavy atom. The van der Waals surface area contributed by atoms with Crippen LogP contribution in [-0.4, -0.2) is 9.97 Å². The van der Waals surface area contributed by atoms with Gasteiger partial charge in [-0.05, 0) is 88.5 Å². The lowest BCUT2D eigenvalue weighted by Gasteiger charge is -2.14. The molecule has 56 heavy (non-hydrogen) atoms. The summed E-state index contributed by atoms with van der Waals surface area (Å²) in [4.78, 5) is 10.7. The van der Waals surface area contributed by atoms with Gasteiger partial charge in [0.2, 0.25) is 0 Å². The van der Waals surface area contributed by atoms with Crippen LogP contribution < -0.4 is 0 Å². The molecule has 0 radical (unpaired) electrons. The molecule has 0 aliphatic rings. The molecular formula is C52H32N2OS. The lowest BCUT2D eigenvalue weighted by atomic mass is 9.94. The Hall–Kier alpha value is -7.14. The summed E-state index contributed by atoms with van der Waals surface area (Å²) in [6.07, 6.45) is 0. The number of furan rings is 1. The highest BCUT2D eigenvalue weighted by Gasteiger charge is 2.21. The summed E-state index contributed by atoms with van der Waals surface area (Å²) in [7, 11) is 0. The van der Waals surface area contributed by atoms with E-state index in [0.717, 1.165) is 83.4 Å². The Kier molecular flexibility index (Phi) is 7.68. The first-order valence-corrected chi connectivity index (χ1v) is 19.6. The fourth-order valence-electron chi connectivity index (χ4n) is 7.98. The van der Waals surface area contributed by atoms with Crippen molar-refractivity contribution in [2.75, 3.05) is 0 Å². The van der Waals surface area contributed by atoms with Crippen molar-refractivity contribution in [1.29, 1.82) is 0 Å². The van der Waals surface area contributed by atoms with Gasteiger partial charge in [0.15, 0.2) is 5.82 Å². The molecule has 0 aliphatic heterocycles. The third-order valence-electron chi connectivity index (χ3n) is 10.7. The molecular weight excluding hydrogens is 701 g/mol. The monoisotopic (exact) mass is 732 g/mol. The summed E-state index contributed by atoms with van der Waals surface area (Å²) in [5.41, 5.74) is 13.1. The molecule has 3 aromatic heterocycles. The maximum absolute atomic E-state index is 6.79. The van der Waals surface area contributed by atoms with Crippen LogP contribution in [0.15, 0.2) is 199 Å². The van der Waals surface area contributed by atoms with Crippen LogP contribution in [0.4, 0.5) is 0 Å². The number of fused-ring (bicyclic) bond motifs is 6. The zero-order valence-electron chi connectivity index (χ0n) is 30.2. The van der Waals surface area contributed by atoms with E-state index >= 15 is 0 Å². The number of thiophene rings is 1. The molecule has 8 aromatic carbocycles. The number of aromatic nitrogens is 2. The van der Waals surface area contributed by atoms with Crippen LogP contribution in [0.3, 0.4) is 0 Å². The lowest BCUT2D eigenvalue weighted by molar-refractivity contribution is 0.670. The second kappa shape index (κ2) is 13.3. The third kappa shape index (κ3) is 5.58. The molecule has 11 rings (SSSR count). The van der Waals surface area contributed by atoms with E-state index in [1.165, 1.54) is 20.2 Å². The second-order valence-corrected chi connectivity index (χ2v) is 15.2. The van der Waals surface area contributed by atoms with Crippen LogP contribution in [0, 0.1) is 0 Å². The van der Waals surface area contributed by atoms with Gasteiger partial charge in [-0.15, -0.1) is 11.3 Å². The van der Waals surface area contributed by atoms with E-state index in [1.807, 2.05) is 29.5 Å². The van der Waals surface area contributed by atoms with E-state index in [1.54, 1.807) is 0 Å². The topological polar surface area (TPSA) is 38.9 Å². The largest absolute Gasteiger partial charge is 0.455 e. The fourth-order valence-corrected chi connectivity index (χ4v) is 9.06. The van der Waals surface area contributed by atoms with Crippen molar-refractivity contribution in [3.8, 4) is 67.3 Å². The summed E-state index contributed by atoms with van der Waals surface area (Å²) in [6, 6.07) is 68.4. The van der Waals surface area contributed by atoms with E-state index in [2.05, 4.69) is 176 Å². The average Bonchev–Trinajstić information content (AvgIpc) is 3.85. The van der Waals surface area contributed by atoms with Crippen LogP contribution in [0.1, 0.15) is 0 Å². The molecule has 0 fully saturated rings. The number of rotatable bonds is 6. The van der Waals surface area contributed by atoms with Gasteiger partial charge in [0.1, 0.15) is 11.2 Å². The van der Waals surface area contributed by atoms with Crippen molar-refractivity contribution >= 4 is 53.4 Å². The molecule has 0 N–H and O–H groups in total. The molecule has 3 nitrogen and oxygen atoms in total. The minimum absolute atomic E-state index is 0.648. The second-order valence-electron chi connectivity index (χ2n) is 14.1. The summed E-state index contributed by atoms with van der Waals surface area (Å²) in [5, 5.41) is 4.58. The number of nitrogens with zero attached hydrogens (tertiary/aromatic N) is 2. The Morgan fingerprint density at radius 3 is 1.62 bits per heavy atom. The zero-order valence-corrected chi connectivity index (χ0v) is 31.0. The quantitative estimate of drug-likeness (QED) is 0.171. The Morgan fingerprint density at radius 2 is 0.911 bits per heavy atom. The van der Waals surface area contributed by atoms with Crippen LogP contribution in [0.5, 0.6) is 0 Å². The maximum Gasteiger partial charge on any atom is 0.161 e. The Bertz CT molecular complexity index is 3180. The Balaban J connectivity index is 1.15. The van der Waals surface area contributed by atoms with Gasteiger partial charge in [-0.2, -0.15) is 0 Å². The van der Waals surface area contributed by atoms with E-state index in [4.69, 9.17) is 14.4 Å². The molecule has 0 atom stereocenters. The van der Waals surface area contributed by atoms with Gasteiger partial charge in [-0.25, -0.2) is 9.97 Å². The van der Waals surface area contributed by atoms with Crippen molar-refractivity contribution < 1.29 is 4.42 Å². The maximum atomic E-state index is 6.79. The van der Waals surface area contributed by atoms with Gasteiger partial charge in [-0.3, -0.25) is 0 Å². The summed E-state index contributed by atoms with van der Waals surface area (Å²) in [6.45, 7) is 0. The molecule has 262 valence electrons. The highest BCUT2D eigenvalue weighted by Crippen LogP contribution is 2.44. The van der Waals surface area contributed by atoms with Crippen molar-refractivity contribution in [2.24, 2.45) is 0 Å². The summed E-state index contributed by atoms with van der Waals surface area (Å²) in [5.74, 6) is 0.648. The molecule has 0 unspecified atom stereocenters. The highest BCUT2D eigenvalue weighted by molar-refractivity contribution is 7.25. The van der Waals surface area contributed by atoms with Crippen molar-refractivity contribution in [3.05, 3.63) is 194 Å². The number of benzene rings is 8. The van der Waals surface area contributed by atoms with Gasteiger partial charge < -0.3 is 4.42 Å². The highest BCUT2D eigenvalue weighted by atomic mass is 32.1. The molecule has 0 amide bonds. The van der Waals surface area contributed by atoms with Crippen molar-refractivity contribution in [1.82, 2.24) is 9.97 Å². The standard InChI is InChI=1S/C52H32N2OS/c1-4-14-33(15-5-1)37-28-38(34-16-6-2-7-17-34)30-39(29-37)46-32-45(35-18-8-3-9-19-35)53-52(54-46)43-26-25-40(51-50(43)42-21-10-12-22-47(42)55-51)36-24-27-49-44(31-36)41-20-11-13-23-48(41)56-49/h1-32H. The first-order valence-electron chi connectivity index (χ1n) is 18.8. The van der Waals surface area contributed by atoms with Crippen LogP contribution in [0.2, 0.25) is 0 Å². The van der Waals surface area contributed by atoms with Gasteiger partial charge in [-0.1, -0.05) is 133 Å². The van der Waals surface area contributed by atoms with Gasteiger partial charge in [0.05, 0.1) is 11.4 Å². The number of hydrogen-bond acceptors (Lipinski definition) is 4. The molecule has 3 heterocycles. The van der Waals surface area contributed by atoms with Gasteiger partial charge >= 0.3 is 0 Å². The van der Waals surface area contributed by atoms with Crippen molar-refractivity contribution in [3.63, 3.8) is 0 Å². The first kappa shape index (κ1) is 32.3. The van der Waals surface area contributed by atoms with Crippen LogP contribution in [-0.2, 0) is 0 Å². The number of para-hydroxylation sites is 1. The normalized spacial score (nSPS) is 11.6. The van der Waals surface area contributed by atoms with Gasteiger partial charge in [0, 0.05) is 53.2 Å². The minimum Gasteiger partial charge on any atom is -0.455 e. The summed E-state index contributed by atoms with van der Waals surface area (Å²) >= 11 is 1.83. The molecule has 0 saturated heterocycles. The Labute approximate surface area is 327 Å². The van der Waals surface area contributed by atoms with E-state index < -0.39 is 0 Å². The molecule has 0 spiro atoms. The summed E-state index contributed by atoms with van der Waals surface area (Å²) < 4.78 is 9.36. The first-order chi connectivity index (χ1) is 27.7. The molecule has 0 bridgehead atoms. The smallest absolute Gasteiger partial charge is 0.161 e. The van der Waals surface area contributed by atoms with E-state index in [0.29, 0.717) is 5.82 Å². The van der Waals surface area contributed by atoms with Crippen LogP contribution >= 0.6 is 11.3 Å².